The predicted octanol–water partition coefficient (Wildman–Crippen LogP) is 8.59. The molecule has 2 fully saturated rings. The molecule has 2 aliphatic rings. The van der Waals surface area contributed by atoms with E-state index < -0.39 is 43.0 Å². The summed E-state index contributed by atoms with van der Waals surface area (Å²) in [7, 11) is 0. The van der Waals surface area contributed by atoms with Gasteiger partial charge < -0.3 is 42.6 Å². The van der Waals surface area contributed by atoms with Crippen molar-refractivity contribution in [2.75, 3.05) is 39.6 Å². The number of esters is 1. The second-order valence-corrected chi connectivity index (χ2v) is 12.9. The number of carbonyl (C=O) groups is 1. The molecule has 4 rings (SSSR count). The lowest BCUT2D eigenvalue weighted by Gasteiger charge is -2.48. The van der Waals surface area contributed by atoms with Crippen molar-refractivity contribution in [1.29, 1.82) is 0 Å². The van der Waals surface area contributed by atoms with Gasteiger partial charge in [-0.2, -0.15) is 0 Å². The minimum atomic E-state index is -1.07. The number of unbranched alkanes of at least 4 members (excludes halogenated alkanes) is 5. The topological polar surface area (TPSA) is 100 Å². The third-order valence-corrected chi connectivity index (χ3v) is 8.71. The Kier molecular flexibility index (Phi) is 17.7. The zero-order valence-corrected chi connectivity index (χ0v) is 30.9. The van der Waals surface area contributed by atoms with Crippen LogP contribution in [0.25, 0.3) is 0 Å². The van der Waals surface area contributed by atoms with E-state index in [1.165, 1.54) is 0 Å². The predicted molar refractivity (Wildman–Crippen MR) is 191 cm³/mol. The lowest BCUT2D eigenvalue weighted by atomic mass is 9.97. The number of rotatable bonds is 23. The van der Waals surface area contributed by atoms with Gasteiger partial charge in [-0.05, 0) is 44.2 Å². The molecule has 0 bridgehead atoms. The van der Waals surface area contributed by atoms with E-state index in [2.05, 4.69) is 34.6 Å². The number of benzene rings is 2. The second kappa shape index (κ2) is 22.1. The molecule has 10 heteroatoms. The van der Waals surface area contributed by atoms with Gasteiger partial charge in [0.25, 0.3) is 0 Å². The van der Waals surface area contributed by atoms with Gasteiger partial charge in [0, 0.05) is 18.8 Å². The van der Waals surface area contributed by atoms with E-state index in [4.69, 9.17) is 42.6 Å². The van der Waals surface area contributed by atoms with Gasteiger partial charge in [0.2, 0.25) is 12.0 Å². The van der Waals surface area contributed by atoms with Crippen LogP contribution in [0, 0.1) is 0 Å². The third-order valence-electron chi connectivity index (χ3n) is 8.71. The van der Waals surface area contributed by atoms with Crippen LogP contribution < -0.4 is 14.2 Å². The van der Waals surface area contributed by atoms with E-state index in [1.807, 2.05) is 30.3 Å². The van der Waals surface area contributed by atoms with Crippen LogP contribution in [-0.4, -0.2) is 76.3 Å². The van der Waals surface area contributed by atoms with Gasteiger partial charge in [-0.15, -0.1) is 0 Å². The Morgan fingerprint density at radius 1 is 0.680 bits per heavy atom. The van der Waals surface area contributed by atoms with E-state index in [1.54, 1.807) is 12.1 Å². The Hall–Kier alpha value is -2.89. The number of hydrogen-bond donors (Lipinski definition) is 0. The van der Waals surface area contributed by atoms with Crippen LogP contribution in [0.5, 0.6) is 17.2 Å². The first kappa shape index (κ1) is 39.9. The van der Waals surface area contributed by atoms with Gasteiger partial charge in [-0.25, -0.2) is 4.79 Å². The summed E-state index contributed by atoms with van der Waals surface area (Å²) in [5.41, 5.74) is 1.18. The van der Waals surface area contributed by atoms with Crippen LogP contribution in [0.15, 0.2) is 42.5 Å². The van der Waals surface area contributed by atoms with Crippen LogP contribution in [0.2, 0.25) is 0 Å². The maximum atomic E-state index is 14.1. The van der Waals surface area contributed by atoms with Crippen molar-refractivity contribution >= 4 is 5.97 Å². The molecule has 2 aromatic rings. The molecular formula is C40H60O10. The minimum absolute atomic E-state index is 0.238. The van der Waals surface area contributed by atoms with Gasteiger partial charge in [-0.3, -0.25) is 0 Å². The van der Waals surface area contributed by atoms with Crippen molar-refractivity contribution in [3.05, 3.63) is 53.6 Å². The summed E-state index contributed by atoms with van der Waals surface area (Å²) in [6.45, 7) is 13.2. The van der Waals surface area contributed by atoms with Gasteiger partial charge in [0.05, 0.1) is 32.0 Å². The van der Waals surface area contributed by atoms with Gasteiger partial charge in [-0.1, -0.05) is 97.1 Å². The average Bonchev–Trinajstić information content (AvgIpc) is 3.13. The first-order valence-corrected chi connectivity index (χ1v) is 19.0. The third kappa shape index (κ3) is 11.6. The summed E-state index contributed by atoms with van der Waals surface area (Å²) in [6.07, 6.45) is 5.17. The number of hydrogen-bond acceptors (Lipinski definition) is 10. The maximum absolute atomic E-state index is 14.1. The fourth-order valence-electron chi connectivity index (χ4n) is 5.71. The number of carbonyl (C=O) groups excluding carboxylic acids is 1. The summed E-state index contributed by atoms with van der Waals surface area (Å²) in [5, 5.41) is 0. The molecule has 0 radical (unpaired) electrons. The molecule has 0 spiro atoms. The van der Waals surface area contributed by atoms with Gasteiger partial charge in [0.15, 0.2) is 17.8 Å². The molecule has 0 amide bonds. The molecular weight excluding hydrogens is 640 g/mol. The first-order valence-electron chi connectivity index (χ1n) is 19.0. The molecule has 2 heterocycles. The van der Waals surface area contributed by atoms with Gasteiger partial charge >= 0.3 is 5.97 Å². The maximum Gasteiger partial charge on any atom is 0.340 e. The fraction of sp³-hybridized carbons (Fsp3) is 0.675. The zero-order valence-electron chi connectivity index (χ0n) is 30.9. The highest BCUT2D eigenvalue weighted by molar-refractivity contribution is 5.91. The molecule has 6 atom stereocenters. The van der Waals surface area contributed by atoms with Crippen molar-refractivity contribution < 1.29 is 47.4 Å². The van der Waals surface area contributed by atoms with E-state index in [-0.39, 0.29) is 12.2 Å². The highest BCUT2D eigenvalue weighted by Gasteiger charge is 2.52. The Balaban J connectivity index is 1.63. The van der Waals surface area contributed by atoms with Crippen molar-refractivity contribution in [3.63, 3.8) is 0 Å². The normalized spacial score (nSPS) is 23.2. The molecule has 0 saturated carbocycles. The Morgan fingerprint density at radius 2 is 1.22 bits per heavy atom. The van der Waals surface area contributed by atoms with E-state index in [0.29, 0.717) is 50.3 Å². The summed E-state index contributed by atoms with van der Waals surface area (Å²) in [4.78, 5) is 14.1. The highest BCUT2D eigenvalue weighted by atomic mass is 16.8. The lowest BCUT2D eigenvalue weighted by Crippen LogP contribution is -2.64. The smallest absolute Gasteiger partial charge is 0.340 e. The van der Waals surface area contributed by atoms with Crippen molar-refractivity contribution in [2.24, 2.45) is 0 Å². The summed E-state index contributed by atoms with van der Waals surface area (Å²) >= 11 is 0. The molecule has 0 aromatic heterocycles. The minimum Gasteiger partial charge on any atom is -0.490 e. The molecule has 3 unspecified atom stereocenters. The van der Waals surface area contributed by atoms with Crippen LogP contribution in [0.3, 0.4) is 0 Å². The van der Waals surface area contributed by atoms with Crippen molar-refractivity contribution in [3.8, 4) is 17.2 Å². The first-order chi connectivity index (χ1) is 24.5. The molecule has 0 aliphatic carbocycles. The Morgan fingerprint density at radius 3 is 1.80 bits per heavy atom. The average molecular weight is 701 g/mol. The van der Waals surface area contributed by atoms with E-state index in [0.717, 1.165) is 69.8 Å². The van der Waals surface area contributed by atoms with Crippen LogP contribution in [-0.2, 0) is 28.4 Å². The SMILES string of the molecule is CCCCOc1cc(C(=O)O[C@@H]2OC3COC(c4ccccc4)O[C@H]3C(OCCCC)[C@@H]2OCCCC)cc(OCCCC)c1OCCCC. The van der Waals surface area contributed by atoms with Crippen LogP contribution >= 0.6 is 0 Å². The lowest BCUT2D eigenvalue weighted by molar-refractivity contribution is -0.362. The second-order valence-electron chi connectivity index (χ2n) is 12.9. The van der Waals surface area contributed by atoms with E-state index >= 15 is 0 Å². The summed E-state index contributed by atoms with van der Waals surface area (Å²) in [6, 6.07) is 13.2. The largest absolute Gasteiger partial charge is 0.490 e. The standard InChI is InChI=1S/C40H60O10/c1-6-11-21-42-31-26-30(27-32(43-22-12-7-2)34(31)44-23-13-8-3)38(41)50-40-37(46-25-15-10-5)36(45-24-14-9-4)35-33(48-40)28-47-39(49-35)29-19-17-16-18-20-29/h16-20,26-27,33,35-37,39-40H,6-15,21-25,28H2,1-5H3/t33?,35-,36?,37+,39?,40+/m1/s1. The molecule has 2 aromatic carbocycles. The van der Waals surface area contributed by atoms with Crippen molar-refractivity contribution in [1.82, 2.24) is 0 Å². The molecule has 50 heavy (non-hydrogen) atoms. The summed E-state index contributed by atoms with van der Waals surface area (Å²) < 4.78 is 56.8. The van der Waals surface area contributed by atoms with Crippen molar-refractivity contribution in [2.45, 2.75) is 136 Å². The zero-order chi connectivity index (χ0) is 35.6. The number of ether oxygens (including phenoxy) is 9. The molecule has 2 aliphatic heterocycles. The summed E-state index contributed by atoms with van der Waals surface area (Å²) in [5.74, 6) is 0.828. The highest BCUT2D eigenvalue weighted by Crippen LogP contribution is 2.41. The molecule has 10 nitrogen and oxygen atoms in total. The number of fused-ring (bicyclic) bond motifs is 1. The molecule has 280 valence electrons. The fourth-order valence-corrected chi connectivity index (χ4v) is 5.71. The monoisotopic (exact) mass is 700 g/mol. The Bertz CT molecular complexity index is 1210. The van der Waals surface area contributed by atoms with Crippen LogP contribution in [0.1, 0.15) is 121 Å². The molecule has 0 N–H and O–H groups in total. The Labute approximate surface area is 299 Å². The molecule has 2 saturated heterocycles. The van der Waals surface area contributed by atoms with Gasteiger partial charge in [0.1, 0.15) is 24.4 Å². The quantitative estimate of drug-likeness (QED) is 0.0828. The van der Waals surface area contributed by atoms with Crippen LogP contribution in [0.4, 0.5) is 0 Å². The van der Waals surface area contributed by atoms with E-state index in [9.17, 15) is 4.79 Å².